The van der Waals surface area contributed by atoms with Crippen LogP contribution in [0.5, 0.6) is 0 Å². The van der Waals surface area contributed by atoms with Gasteiger partial charge in [0.05, 0.1) is 12.0 Å². The molecule has 0 aliphatic carbocycles. The van der Waals surface area contributed by atoms with Gasteiger partial charge in [0.1, 0.15) is 16.5 Å². The second kappa shape index (κ2) is 11.5. The Kier molecular flexibility index (Phi) is 10.4. The molecule has 1 aliphatic heterocycles. The standard InChI is InChI=1S/C19H31N5OS.2ClH/c1-13-14(2)26-19-17(13)18(21-16(22-19)4-7-20)23(3)12-15-5-8-24(9-6-15)10-11-25;;/h15,25H,4-12,20H2,1-3H3;2*1H. The van der Waals surface area contributed by atoms with E-state index in [-0.39, 0.29) is 31.4 Å². The number of piperidine rings is 1. The lowest BCUT2D eigenvalue weighted by Crippen LogP contribution is -2.39. The molecule has 1 saturated heterocycles. The summed E-state index contributed by atoms with van der Waals surface area (Å²) in [5, 5.41) is 10.3. The zero-order valence-corrected chi connectivity index (χ0v) is 19.4. The van der Waals surface area contributed by atoms with Crippen LogP contribution in [0.3, 0.4) is 0 Å². The van der Waals surface area contributed by atoms with Gasteiger partial charge in [0.15, 0.2) is 0 Å². The van der Waals surface area contributed by atoms with E-state index in [9.17, 15) is 0 Å². The second-order valence-electron chi connectivity index (χ2n) is 7.35. The summed E-state index contributed by atoms with van der Waals surface area (Å²) in [5.41, 5.74) is 7.04. The summed E-state index contributed by atoms with van der Waals surface area (Å²) in [6.45, 7) is 9.11. The lowest BCUT2D eigenvalue weighted by atomic mass is 9.96. The van der Waals surface area contributed by atoms with Crippen molar-refractivity contribution in [2.75, 3.05) is 51.3 Å². The minimum absolute atomic E-state index is 0. The highest BCUT2D eigenvalue weighted by Crippen LogP contribution is 2.35. The van der Waals surface area contributed by atoms with Gasteiger partial charge in [0.25, 0.3) is 0 Å². The quantitative estimate of drug-likeness (QED) is 0.676. The summed E-state index contributed by atoms with van der Waals surface area (Å²) < 4.78 is 0. The molecule has 9 heteroatoms. The Bertz CT molecular complexity index is 749. The number of nitrogens with zero attached hydrogens (tertiary/aromatic N) is 4. The van der Waals surface area contributed by atoms with Gasteiger partial charge in [0.2, 0.25) is 0 Å². The molecule has 0 atom stereocenters. The lowest BCUT2D eigenvalue weighted by Gasteiger charge is -2.34. The Morgan fingerprint density at radius 3 is 2.50 bits per heavy atom. The molecule has 0 amide bonds. The van der Waals surface area contributed by atoms with Gasteiger partial charge in [-0.2, -0.15) is 0 Å². The van der Waals surface area contributed by atoms with Crippen LogP contribution in [-0.4, -0.2) is 66.4 Å². The van der Waals surface area contributed by atoms with Crippen molar-refractivity contribution in [3.63, 3.8) is 0 Å². The molecule has 6 nitrogen and oxygen atoms in total. The highest BCUT2D eigenvalue weighted by atomic mass is 35.5. The number of rotatable bonds is 7. The smallest absolute Gasteiger partial charge is 0.141 e. The van der Waals surface area contributed by atoms with Crippen LogP contribution < -0.4 is 10.6 Å². The van der Waals surface area contributed by atoms with Gasteiger partial charge >= 0.3 is 0 Å². The molecule has 160 valence electrons. The van der Waals surface area contributed by atoms with Gasteiger partial charge < -0.3 is 20.6 Å². The van der Waals surface area contributed by atoms with Crippen molar-refractivity contribution >= 4 is 52.2 Å². The normalized spacial score (nSPS) is 15.3. The maximum Gasteiger partial charge on any atom is 0.141 e. The number of thiophene rings is 1. The van der Waals surface area contributed by atoms with Crippen LogP contribution in [0.1, 0.15) is 29.1 Å². The molecular weight excluding hydrogens is 417 g/mol. The van der Waals surface area contributed by atoms with E-state index in [4.69, 9.17) is 20.8 Å². The van der Waals surface area contributed by atoms with Crippen LogP contribution in [0.15, 0.2) is 0 Å². The molecule has 1 aliphatic rings. The first-order valence-corrected chi connectivity index (χ1v) is 10.4. The number of halogens is 2. The third-order valence-corrected chi connectivity index (χ3v) is 6.54. The number of hydrogen-bond acceptors (Lipinski definition) is 7. The number of aliphatic hydroxyl groups excluding tert-OH is 1. The van der Waals surface area contributed by atoms with Crippen molar-refractivity contribution in [3.8, 4) is 0 Å². The number of likely N-dealkylation sites (tertiary alicyclic amines) is 1. The zero-order valence-electron chi connectivity index (χ0n) is 17.0. The molecule has 1 fully saturated rings. The number of aryl methyl sites for hydroxylation is 2. The van der Waals surface area contributed by atoms with Gasteiger partial charge in [-0.3, -0.25) is 0 Å². The Labute approximate surface area is 184 Å². The SMILES string of the molecule is Cc1sc2nc(CCN)nc(N(C)CC3CCN(CCO)CC3)c2c1C.Cl.Cl. The summed E-state index contributed by atoms with van der Waals surface area (Å²) in [4.78, 5) is 16.7. The fraction of sp³-hybridized carbons (Fsp3) is 0.684. The number of nitrogens with two attached hydrogens (primary N) is 1. The van der Waals surface area contributed by atoms with E-state index in [2.05, 4.69) is 30.7 Å². The van der Waals surface area contributed by atoms with Gasteiger partial charge in [-0.05, 0) is 57.8 Å². The average molecular weight is 450 g/mol. The number of aromatic nitrogens is 2. The van der Waals surface area contributed by atoms with Crippen LogP contribution in [0.4, 0.5) is 5.82 Å². The van der Waals surface area contributed by atoms with Gasteiger partial charge in [0, 0.05) is 31.4 Å². The van der Waals surface area contributed by atoms with Crippen molar-refractivity contribution in [2.45, 2.75) is 33.1 Å². The molecule has 2 aromatic rings. The molecule has 0 spiro atoms. The molecule has 28 heavy (non-hydrogen) atoms. The van der Waals surface area contributed by atoms with Gasteiger partial charge in [-0.1, -0.05) is 0 Å². The van der Waals surface area contributed by atoms with E-state index in [1.165, 1.54) is 28.7 Å². The summed E-state index contributed by atoms with van der Waals surface area (Å²) in [6.07, 6.45) is 3.07. The van der Waals surface area contributed by atoms with Crippen LogP contribution in [0, 0.1) is 19.8 Å². The Hall–Kier alpha value is -0.700. The molecule has 3 N–H and O–H groups in total. The van der Waals surface area contributed by atoms with Gasteiger partial charge in [-0.15, -0.1) is 36.2 Å². The minimum atomic E-state index is 0. The lowest BCUT2D eigenvalue weighted by molar-refractivity contribution is 0.149. The van der Waals surface area contributed by atoms with Crippen molar-refractivity contribution in [1.29, 1.82) is 0 Å². The van der Waals surface area contributed by atoms with Crippen LogP contribution >= 0.6 is 36.2 Å². The summed E-state index contributed by atoms with van der Waals surface area (Å²) >= 11 is 1.75. The highest BCUT2D eigenvalue weighted by Gasteiger charge is 2.23. The Morgan fingerprint density at radius 1 is 1.21 bits per heavy atom. The third-order valence-electron chi connectivity index (χ3n) is 5.44. The monoisotopic (exact) mass is 449 g/mol. The van der Waals surface area contributed by atoms with Crippen molar-refractivity contribution in [3.05, 3.63) is 16.3 Å². The maximum absolute atomic E-state index is 9.10. The van der Waals surface area contributed by atoms with Crippen LogP contribution in [0.2, 0.25) is 0 Å². The van der Waals surface area contributed by atoms with Crippen LogP contribution in [-0.2, 0) is 6.42 Å². The van der Waals surface area contributed by atoms with E-state index < -0.39 is 0 Å². The largest absolute Gasteiger partial charge is 0.395 e. The number of β-amino-alcohol motifs (C(OH)–C–C–N with tert-alkyl or cyclic N) is 1. The van der Waals surface area contributed by atoms with Crippen molar-refractivity contribution < 1.29 is 5.11 Å². The molecule has 0 unspecified atom stereocenters. The first kappa shape index (κ1) is 25.3. The molecule has 0 bridgehead atoms. The fourth-order valence-electron chi connectivity index (χ4n) is 3.80. The van der Waals surface area contributed by atoms with Crippen molar-refractivity contribution in [2.24, 2.45) is 11.7 Å². The Morgan fingerprint density at radius 2 is 1.89 bits per heavy atom. The molecular formula is C19H33Cl2N5OS. The second-order valence-corrected chi connectivity index (χ2v) is 8.56. The summed E-state index contributed by atoms with van der Waals surface area (Å²) in [7, 11) is 2.15. The molecule has 0 saturated carbocycles. The number of hydrogen-bond donors (Lipinski definition) is 2. The van der Waals surface area contributed by atoms with Crippen molar-refractivity contribution in [1.82, 2.24) is 14.9 Å². The fourth-order valence-corrected chi connectivity index (χ4v) is 4.84. The zero-order chi connectivity index (χ0) is 18.7. The van der Waals surface area contributed by atoms with Crippen LogP contribution in [0.25, 0.3) is 10.2 Å². The molecule has 0 radical (unpaired) electrons. The van der Waals surface area contributed by atoms with Gasteiger partial charge in [-0.25, -0.2) is 9.97 Å². The number of aliphatic hydroxyl groups is 1. The topological polar surface area (TPSA) is 78.5 Å². The molecule has 2 aromatic heterocycles. The number of anilines is 1. The molecule has 0 aromatic carbocycles. The third kappa shape index (κ3) is 5.68. The summed E-state index contributed by atoms with van der Waals surface area (Å²) in [6, 6.07) is 0. The van der Waals surface area contributed by atoms with E-state index in [1.807, 2.05) is 0 Å². The first-order valence-electron chi connectivity index (χ1n) is 9.54. The number of fused-ring (bicyclic) bond motifs is 1. The predicted octanol–water partition coefficient (Wildman–Crippen LogP) is 2.79. The van der Waals surface area contributed by atoms with E-state index in [0.29, 0.717) is 18.9 Å². The van der Waals surface area contributed by atoms with E-state index in [0.717, 1.165) is 42.7 Å². The minimum Gasteiger partial charge on any atom is -0.395 e. The Balaban J connectivity index is 0.00000196. The maximum atomic E-state index is 9.10. The average Bonchev–Trinajstić information content (AvgIpc) is 2.91. The highest BCUT2D eigenvalue weighted by molar-refractivity contribution is 7.18. The first-order chi connectivity index (χ1) is 12.5. The molecule has 3 rings (SSSR count). The van der Waals surface area contributed by atoms with E-state index >= 15 is 0 Å². The summed E-state index contributed by atoms with van der Waals surface area (Å²) in [5.74, 6) is 2.57. The predicted molar refractivity (Wildman–Crippen MR) is 124 cm³/mol. The van der Waals surface area contributed by atoms with E-state index in [1.54, 1.807) is 11.3 Å². The molecule has 3 heterocycles.